The lowest BCUT2D eigenvalue weighted by atomic mass is 10.1. The Labute approximate surface area is 156 Å². The highest BCUT2D eigenvalue weighted by atomic mass is 32.1. The first-order valence-corrected chi connectivity index (χ1v) is 9.56. The summed E-state index contributed by atoms with van der Waals surface area (Å²) in [5, 5.41) is 3.45. The van der Waals surface area contributed by atoms with Gasteiger partial charge in [-0.3, -0.25) is 4.79 Å². The number of benzene rings is 1. The van der Waals surface area contributed by atoms with Crippen molar-refractivity contribution in [3.63, 3.8) is 0 Å². The van der Waals surface area contributed by atoms with Gasteiger partial charge in [0, 0.05) is 4.88 Å². The summed E-state index contributed by atoms with van der Waals surface area (Å²) in [6.45, 7) is 5.41. The summed E-state index contributed by atoms with van der Waals surface area (Å²) < 4.78 is 10.5. The maximum Gasteiger partial charge on any atom is 0.341 e. The van der Waals surface area contributed by atoms with E-state index in [0.29, 0.717) is 36.9 Å². The molecule has 0 unspecified atom stereocenters. The second-order valence-electron chi connectivity index (χ2n) is 6.03. The van der Waals surface area contributed by atoms with Gasteiger partial charge >= 0.3 is 5.97 Å². The number of rotatable bonds is 6. The van der Waals surface area contributed by atoms with E-state index in [1.165, 1.54) is 16.2 Å². The first-order valence-electron chi connectivity index (χ1n) is 8.75. The predicted octanol–water partition coefficient (Wildman–Crippen LogP) is 1.45. The van der Waals surface area contributed by atoms with Crippen molar-refractivity contribution in [2.24, 2.45) is 0 Å². The fourth-order valence-corrected chi connectivity index (χ4v) is 3.89. The van der Waals surface area contributed by atoms with Crippen molar-refractivity contribution < 1.29 is 24.0 Å². The molecule has 1 aromatic carbocycles. The molecule has 2 aromatic rings. The molecular weight excluding hydrogens is 352 g/mol. The van der Waals surface area contributed by atoms with E-state index < -0.39 is 5.97 Å². The average Bonchev–Trinajstić information content (AvgIpc) is 3.07. The number of quaternary nitrogens is 1. The summed E-state index contributed by atoms with van der Waals surface area (Å²) in [7, 11) is 0. The van der Waals surface area contributed by atoms with Crippen LogP contribution in [0.5, 0.6) is 0 Å². The van der Waals surface area contributed by atoms with E-state index >= 15 is 0 Å². The molecule has 0 spiro atoms. The van der Waals surface area contributed by atoms with Crippen molar-refractivity contribution >= 4 is 28.2 Å². The summed E-state index contributed by atoms with van der Waals surface area (Å²) in [5.41, 5.74) is 1.41. The van der Waals surface area contributed by atoms with E-state index in [9.17, 15) is 9.59 Å². The monoisotopic (exact) mass is 375 g/mol. The van der Waals surface area contributed by atoms with Crippen molar-refractivity contribution in [3.8, 4) is 10.4 Å². The number of carbonyl (C=O) groups is 2. The molecule has 26 heavy (non-hydrogen) atoms. The van der Waals surface area contributed by atoms with Crippen LogP contribution in [0, 0.1) is 0 Å². The largest absolute Gasteiger partial charge is 0.462 e. The molecule has 6 nitrogen and oxygen atoms in total. The summed E-state index contributed by atoms with van der Waals surface area (Å²) in [6.07, 6.45) is 0. The van der Waals surface area contributed by atoms with Crippen LogP contribution in [0.15, 0.2) is 36.4 Å². The van der Waals surface area contributed by atoms with Crippen LogP contribution in [0.25, 0.3) is 10.4 Å². The second-order valence-corrected chi connectivity index (χ2v) is 7.08. The SMILES string of the molecule is CCOC(=O)c1cc(-c2ccccc2)sc1NC(=O)C[NH+]1CCOCC1. The molecule has 0 atom stereocenters. The molecule has 1 saturated heterocycles. The molecule has 1 aliphatic rings. The van der Waals surface area contributed by atoms with Gasteiger partial charge in [-0.25, -0.2) is 4.79 Å². The van der Waals surface area contributed by atoms with Crippen LogP contribution in [0.1, 0.15) is 17.3 Å². The van der Waals surface area contributed by atoms with Crippen molar-refractivity contribution in [1.29, 1.82) is 0 Å². The molecule has 1 aliphatic heterocycles. The first-order chi connectivity index (χ1) is 12.7. The zero-order valence-electron chi connectivity index (χ0n) is 14.7. The average molecular weight is 375 g/mol. The standard InChI is InChI=1S/C19H22N2O4S/c1-2-25-19(23)15-12-16(14-6-4-3-5-7-14)26-18(15)20-17(22)13-21-8-10-24-11-9-21/h3-7,12H,2,8-11,13H2,1H3,(H,20,22)/p+1. The number of thiophene rings is 1. The molecule has 1 fully saturated rings. The van der Waals surface area contributed by atoms with E-state index in [4.69, 9.17) is 9.47 Å². The lowest BCUT2D eigenvalue weighted by molar-refractivity contribution is -0.899. The van der Waals surface area contributed by atoms with Crippen LogP contribution < -0.4 is 10.2 Å². The maximum atomic E-state index is 12.4. The summed E-state index contributed by atoms with van der Waals surface area (Å²) in [5.74, 6) is -0.520. The van der Waals surface area contributed by atoms with Crippen molar-refractivity contribution in [3.05, 3.63) is 42.0 Å². The summed E-state index contributed by atoms with van der Waals surface area (Å²) >= 11 is 1.39. The van der Waals surface area contributed by atoms with Gasteiger partial charge in [-0.2, -0.15) is 0 Å². The maximum absolute atomic E-state index is 12.4. The summed E-state index contributed by atoms with van der Waals surface area (Å²) in [4.78, 5) is 26.8. The van der Waals surface area contributed by atoms with Gasteiger partial charge in [0.05, 0.1) is 25.4 Å². The van der Waals surface area contributed by atoms with Crippen LogP contribution in [-0.4, -0.2) is 51.3 Å². The third-order valence-corrected chi connectivity index (χ3v) is 5.25. The van der Waals surface area contributed by atoms with E-state index in [-0.39, 0.29) is 5.91 Å². The Morgan fingerprint density at radius 3 is 2.65 bits per heavy atom. The zero-order valence-corrected chi connectivity index (χ0v) is 15.6. The molecule has 2 N–H and O–H groups in total. The highest BCUT2D eigenvalue weighted by Crippen LogP contribution is 2.35. The minimum atomic E-state index is -0.417. The Hall–Kier alpha value is -2.22. The fourth-order valence-electron chi connectivity index (χ4n) is 2.82. The third kappa shape index (κ3) is 4.69. The number of ether oxygens (including phenoxy) is 2. The molecule has 2 heterocycles. The Kier molecular flexibility index (Phi) is 6.38. The molecule has 1 amide bonds. The highest BCUT2D eigenvalue weighted by Gasteiger charge is 2.22. The minimum Gasteiger partial charge on any atom is -0.462 e. The predicted molar refractivity (Wildman–Crippen MR) is 101 cm³/mol. The van der Waals surface area contributed by atoms with Crippen LogP contribution >= 0.6 is 11.3 Å². The van der Waals surface area contributed by atoms with E-state index in [1.807, 2.05) is 30.3 Å². The second kappa shape index (κ2) is 8.93. The molecular formula is C19H23N2O4S+. The van der Waals surface area contributed by atoms with Gasteiger partial charge in [-0.15, -0.1) is 11.3 Å². The molecule has 3 rings (SSSR count). The topological polar surface area (TPSA) is 69.1 Å². The number of anilines is 1. The number of carbonyl (C=O) groups excluding carboxylic acids is 2. The van der Waals surface area contributed by atoms with Crippen LogP contribution in [0.4, 0.5) is 5.00 Å². The molecule has 138 valence electrons. The zero-order chi connectivity index (χ0) is 18.4. The lowest BCUT2D eigenvalue weighted by Gasteiger charge is -2.22. The lowest BCUT2D eigenvalue weighted by Crippen LogP contribution is -3.15. The first kappa shape index (κ1) is 18.6. The number of amides is 1. The third-order valence-electron chi connectivity index (χ3n) is 4.15. The quantitative estimate of drug-likeness (QED) is 0.750. The Balaban J connectivity index is 1.78. The summed E-state index contributed by atoms with van der Waals surface area (Å²) in [6, 6.07) is 11.6. The van der Waals surface area contributed by atoms with Crippen LogP contribution in [0.3, 0.4) is 0 Å². The minimum absolute atomic E-state index is 0.103. The van der Waals surface area contributed by atoms with Gasteiger partial charge in [-0.1, -0.05) is 30.3 Å². The van der Waals surface area contributed by atoms with E-state index in [0.717, 1.165) is 23.5 Å². The number of hydrogen-bond donors (Lipinski definition) is 2. The Bertz CT molecular complexity index is 754. The van der Waals surface area contributed by atoms with Gasteiger partial charge in [-0.05, 0) is 18.6 Å². The van der Waals surface area contributed by atoms with Gasteiger partial charge in [0.1, 0.15) is 18.1 Å². The number of morpholine rings is 1. The Morgan fingerprint density at radius 2 is 1.96 bits per heavy atom. The number of esters is 1. The molecule has 1 aromatic heterocycles. The van der Waals surface area contributed by atoms with Crippen LogP contribution in [0.2, 0.25) is 0 Å². The fraction of sp³-hybridized carbons (Fsp3) is 0.368. The van der Waals surface area contributed by atoms with Crippen LogP contribution in [-0.2, 0) is 14.3 Å². The van der Waals surface area contributed by atoms with Gasteiger partial charge < -0.3 is 19.7 Å². The molecule has 0 aliphatic carbocycles. The van der Waals surface area contributed by atoms with Crippen molar-refractivity contribution in [1.82, 2.24) is 0 Å². The molecule has 7 heteroatoms. The molecule has 0 radical (unpaired) electrons. The van der Waals surface area contributed by atoms with Gasteiger partial charge in [0.15, 0.2) is 6.54 Å². The molecule has 0 saturated carbocycles. The number of nitrogens with one attached hydrogen (secondary N) is 2. The van der Waals surface area contributed by atoms with Crippen molar-refractivity contribution in [2.75, 3.05) is 44.8 Å². The Morgan fingerprint density at radius 1 is 1.23 bits per heavy atom. The smallest absolute Gasteiger partial charge is 0.341 e. The normalized spacial score (nSPS) is 14.8. The van der Waals surface area contributed by atoms with E-state index in [1.54, 1.807) is 13.0 Å². The van der Waals surface area contributed by atoms with Gasteiger partial charge in [0.2, 0.25) is 0 Å². The van der Waals surface area contributed by atoms with Crippen molar-refractivity contribution in [2.45, 2.75) is 6.92 Å². The molecule has 0 bridgehead atoms. The van der Waals surface area contributed by atoms with Gasteiger partial charge in [0.25, 0.3) is 5.91 Å². The number of hydrogen-bond acceptors (Lipinski definition) is 5. The highest BCUT2D eigenvalue weighted by molar-refractivity contribution is 7.20. The van der Waals surface area contributed by atoms with E-state index in [2.05, 4.69) is 5.32 Å².